The summed E-state index contributed by atoms with van der Waals surface area (Å²) in [7, 11) is 0. The van der Waals surface area contributed by atoms with Crippen molar-refractivity contribution in [2.24, 2.45) is 11.8 Å². The number of esters is 1. The molecule has 0 radical (unpaired) electrons. The van der Waals surface area contributed by atoms with Crippen LogP contribution in [0, 0.1) is 11.8 Å². The smallest absolute Gasteiger partial charge is 0.312 e. The lowest BCUT2D eigenvalue weighted by molar-refractivity contribution is -0.160. The molecule has 11 nitrogen and oxygen atoms in total. The molecular weight excluding hydrogens is 502 g/mol. The molecule has 1 aromatic heterocycles. The fraction of sp³-hybridized carbons (Fsp3) is 0.536. The number of hydrogen-bond donors (Lipinski definition) is 1. The van der Waals surface area contributed by atoms with Crippen molar-refractivity contribution in [2.75, 3.05) is 26.3 Å². The number of fused-ring (bicyclic) bond motifs is 2. The number of hydrogen-bond acceptors (Lipinski definition) is 8. The molecule has 5 atom stereocenters. The quantitative estimate of drug-likeness (QED) is 0.246. The highest BCUT2D eigenvalue weighted by molar-refractivity contribution is 5.98. The Morgan fingerprint density at radius 3 is 2.82 bits per heavy atom. The Morgan fingerprint density at radius 1 is 1.28 bits per heavy atom. The maximum atomic E-state index is 14.4. The molecule has 3 saturated heterocycles. The Hall–Kier alpha value is -3.57. The predicted octanol–water partition coefficient (Wildman–Crippen LogP) is 1.67. The van der Waals surface area contributed by atoms with Crippen LogP contribution < -0.4 is 0 Å². The van der Waals surface area contributed by atoms with Crippen LogP contribution in [0.3, 0.4) is 0 Å². The van der Waals surface area contributed by atoms with Crippen molar-refractivity contribution in [3.8, 4) is 0 Å². The molecule has 39 heavy (non-hydrogen) atoms. The Bertz CT molecular complexity index is 1290. The molecule has 2 bridgehead atoms. The standard InChI is InChI=1S/C28H35N5O6/c1-4-6-17-38-26(37)22-21-24(35)32(15-9-16-34)23(28(21)13-12-27(22,3)39-28)25(36)31(14-5-2)18-33-20-11-8-7-10-19(20)29-30-33/h4-5,7-8,10-11,21-23,34H,1-2,6,9,12-18H2,3H3/t21-,22+,23?,27-,28?/m0/s1. The number of rotatable bonds is 12. The van der Waals surface area contributed by atoms with Crippen molar-refractivity contribution in [1.29, 1.82) is 0 Å². The molecule has 2 unspecified atom stereocenters. The highest BCUT2D eigenvalue weighted by atomic mass is 16.6. The van der Waals surface area contributed by atoms with E-state index < -0.39 is 35.0 Å². The third kappa shape index (κ3) is 4.33. The molecule has 4 heterocycles. The lowest BCUT2D eigenvalue weighted by atomic mass is 9.66. The van der Waals surface area contributed by atoms with Gasteiger partial charge in [-0.2, -0.15) is 0 Å². The van der Waals surface area contributed by atoms with Gasteiger partial charge in [-0.15, -0.1) is 18.3 Å². The summed E-state index contributed by atoms with van der Waals surface area (Å²) < 4.78 is 13.8. The summed E-state index contributed by atoms with van der Waals surface area (Å²) in [6.45, 7) is 9.79. The second-order valence-corrected chi connectivity index (χ2v) is 10.6. The summed E-state index contributed by atoms with van der Waals surface area (Å²) in [6, 6.07) is 6.48. The van der Waals surface area contributed by atoms with E-state index in [1.807, 2.05) is 31.2 Å². The largest absolute Gasteiger partial charge is 0.465 e. The number of amides is 2. The van der Waals surface area contributed by atoms with E-state index in [9.17, 15) is 19.5 Å². The van der Waals surface area contributed by atoms with Gasteiger partial charge in [0.15, 0.2) is 0 Å². The molecule has 0 saturated carbocycles. The minimum Gasteiger partial charge on any atom is -0.465 e. The lowest BCUT2D eigenvalue weighted by Crippen LogP contribution is -2.56. The van der Waals surface area contributed by atoms with Crippen LogP contribution in [-0.2, 0) is 30.5 Å². The first kappa shape index (κ1) is 27.0. The first-order chi connectivity index (χ1) is 18.8. The summed E-state index contributed by atoms with van der Waals surface area (Å²) in [6.07, 6.45) is 5.04. The average Bonchev–Trinajstić information content (AvgIpc) is 3.62. The number of para-hydroxylation sites is 1. The van der Waals surface area contributed by atoms with Crippen molar-refractivity contribution >= 4 is 28.8 Å². The van der Waals surface area contributed by atoms with E-state index in [0.717, 1.165) is 5.52 Å². The van der Waals surface area contributed by atoms with E-state index in [1.165, 1.54) is 4.90 Å². The summed E-state index contributed by atoms with van der Waals surface area (Å²) in [5.41, 5.74) is -0.627. The van der Waals surface area contributed by atoms with E-state index in [0.29, 0.717) is 31.2 Å². The van der Waals surface area contributed by atoms with E-state index in [-0.39, 0.29) is 44.8 Å². The minimum absolute atomic E-state index is 0.0922. The summed E-state index contributed by atoms with van der Waals surface area (Å²) in [5.74, 6) is -2.82. The van der Waals surface area contributed by atoms with Gasteiger partial charge in [0.1, 0.15) is 29.7 Å². The van der Waals surface area contributed by atoms with Gasteiger partial charge in [-0.3, -0.25) is 14.4 Å². The van der Waals surface area contributed by atoms with E-state index in [1.54, 1.807) is 21.7 Å². The van der Waals surface area contributed by atoms with Gasteiger partial charge in [0, 0.05) is 19.7 Å². The van der Waals surface area contributed by atoms with Crippen LogP contribution in [0.2, 0.25) is 0 Å². The summed E-state index contributed by atoms with van der Waals surface area (Å²) in [4.78, 5) is 44.7. The second kappa shape index (κ2) is 10.5. The van der Waals surface area contributed by atoms with Gasteiger partial charge < -0.3 is 24.4 Å². The molecule has 2 aromatic rings. The number of nitrogens with zero attached hydrogens (tertiary/aromatic N) is 5. The molecule has 2 amide bonds. The molecular formula is C28H35N5O6. The number of aliphatic hydroxyl groups excluding tert-OH is 1. The molecule has 11 heteroatoms. The monoisotopic (exact) mass is 537 g/mol. The van der Waals surface area contributed by atoms with Gasteiger partial charge >= 0.3 is 5.97 Å². The number of aliphatic hydroxyl groups is 1. The van der Waals surface area contributed by atoms with E-state index >= 15 is 0 Å². The Balaban J connectivity index is 1.50. The first-order valence-electron chi connectivity index (χ1n) is 13.4. The zero-order valence-corrected chi connectivity index (χ0v) is 22.2. The van der Waals surface area contributed by atoms with E-state index in [2.05, 4.69) is 23.5 Å². The van der Waals surface area contributed by atoms with Crippen molar-refractivity contribution < 1.29 is 29.0 Å². The van der Waals surface area contributed by atoms with Crippen molar-refractivity contribution in [2.45, 2.75) is 56.5 Å². The third-order valence-corrected chi connectivity index (χ3v) is 8.27. The van der Waals surface area contributed by atoms with Crippen LogP contribution in [0.15, 0.2) is 49.6 Å². The number of likely N-dealkylation sites (tertiary alicyclic amines) is 1. The Morgan fingerprint density at radius 2 is 2.08 bits per heavy atom. The van der Waals surface area contributed by atoms with Crippen LogP contribution in [-0.4, -0.2) is 91.2 Å². The fourth-order valence-corrected chi connectivity index (χ4v) is 6.61. The molecule has 0 aliphatic carbocycles. The maximum absolute atomic E-state index is 14.4. The van der Waals surface area contributed by atoms with Crippen LogP contribution in [0.1, 0.15) is 32.6 Å². The molecule has 1 aromatic carbocycles. The first-order valence-corrected chi connectivity index (χ1v) is 13.4. The molecule has 3 aliphatic rings. The van der Waals surface area contributed by atoms with Gasteiger partial charge in [-0.05, 0) is 44.7 Å². The van der Waals surface area contributed by atoms with Crippen molar-refractivity contribution in [3.63, 3.8) is 0 Å². The normalized spacial score (nSPS) is 29.0. The molecule has 3 aliphatic heterocycles. The van der Waals surface area contributed by atoms with Gasteiger partial charge in [-0.1, -0.05) is 29.5 Å². The number of benzene rings is 1. The Kier molecular flexibility index (Phi) is 7.30. The number of aromatic nitrogens is 3. The lowest BCUT2D eigenvalue weighted by Gasteiger charge is -2.36. The number of carbonyl (C=O) groups excluding carboxylic acids is 3. The summed E-state index contributed by atoms with van der Waals surface area (Å²) in [5, 5.41) is 18.0. The van der Waals surface area contributed by atoms with Crippen molar-refractivity contribution in [3.05, 3.63) is 49.6 Å². The fourth-order valence-electron chi connectivity index (χ4n) is 6.61. The number of ether oxygens (including phenoxy) is 2. The van der Waals surface area contributed by atoms with Crippen molar-refractivity contribution in [1.82, 2.24) is 24.8 Å². The SMILES string of the molecule is C=CCCOC(=O)[C@H]1[C@H]2C(=O)N(CCCO)C(C(=O)N(CC=C)Cn3nnc4ccccc43)C23CC[C@]1(C)O3. The van der Waals surface area contributed by atoms with Crippen LogP contribution in [0.5, 0.6) is 0 Å². The maximum Gasteiger partial charge on any atom is 0.312 e. The molecule has 1 spiro atoms. The number of carbonyl (C=O) groups is 3. The third-order valence-electron chi connectivity index (χ3n) is 8.27. The Labute approximate surface area is 227 Å². The molecule has 5 rings (SSSR count). The molecule has 208 valence electrons. The van der Waals surface area contributed by atoms with Gasteiger partial charge in [0.2, 0.25) is 11.8 Å². The predicted molar refractivity (Wildman–Crippen MR) is 141 cm³/mol. The van der Waals surface area contributed by atoms with Crippen LogP contribution >= 0.6 is 0 Å². The average molecular weight is 538 g/mol. The zero-order valence-electron chi connectivity index (χ0n) is 22.2. The molecule has 3 fully saturated rings. The molecule has 1 N–H and O–H groups in total. The van der Waals surface area contributed by atoms with Crippen LogP contribution in [0.4, 0.5) is 0 Å². The second-order valence-electron chi connectivity index (χ2n) is 10.6. The van der Waals surface area contributed by atoms with Gasteiger partial charge in [0.05, 0.1) is 23.6 Å². The van der Waals surface area contributed by atoms with Crippen LogP contribution in [0.25, 0.3) is 11.0 Å². The minimum atomic E-state index is -1.18. The van der Waals surface area contributed by atoms with Gasteiger partial charge in [0.25, 0.3) is 0 Å². The highest BCUT2D eigenvalue weighted by Gasteiger charge is 2.78. The topological polar surface area (TPSA) is 127 Å². The van der Waals surface area contributed by atoms with E-state index in [4.69, 9.17) is 9.47 Å². The zero-order chi connectivity index (χ0) is 27.8. The highest BCUT2D eigenvalue weighted by Crippen LogP contribution is 2.63. The summed E-state index contributed by atoms with van der Waals surface area (Å²) >= 11 is 0. The van der Waals surface area contributed by atoms with Gasteiger partial charge in [-0.25, -0.2) is 4.68 Å².